The number of para-hydroxylation sites is 1. The highest BCUT2D eigenvalue weighted by Gasteiger charge is 2.29. The molecular weight excluding hydrogens is 439 g/mol. The monoisotopic (exact) mass is 453 g/mol. The second-order valence-electron chi connectivity index (χ2n) is 6.90. The highest BCUT2D eigenvalue weighted by atomic mass is 35.5. The Balaban J connectivity index is 1.60. The van der Waals surface area contributed by atoms with Crippen LogP contribution in [0, 0.1) is 0 Å². The van der Waals surface area contributed by atoms with E-state index in [2.05, 4.69) is 15.5 Å². The van der Waals surface area contributed by atoms with Gasteiger partial charge < -0.3 is 0 Å². The van der Waals surface area contributed by atoms with Gasteiger partial charge in [-0.15, -0.1) is 0 Å². The van der Waals surface area contributed by atoms with Crippen LogP contribution < -0.4 is 5.43 Å². The number of hydrogen-bond donors (Lipinski definition) is 1. The molecule has 4 rings (SSSR count). The zero-order valence-electron chi connectivity index (χ0n) is 16.4. The van der Waals surface area contributed by atoms with Gasteiger partial charge in [-0.3, -0.25) is 4.79 Å². The van der Waals surface area contributed by atoms with E-state index in [9.17, 15) is 18.0 Å². The van der Waals surface area contributed by atoms with Crippen LogP contribution in [0.15, 0.2) is 84.0 Å². The molecule has 0 spiro atoms. The van der Waals surface area contributed by atoms with Gasteiger partial charge in [0.1, 0.15) is 0 Å². The minimum Gasteiger partial charge on any atom is -0.267 e. The Kier molecular flexibility index (Phi) is 5.92. The van der Waals surface area contributed by atoms with Gasteiger partial charge in [0.25, 0.3) is 5.91 Å². The first-order valence-corrected chi connectivity index (χ1v) is 9.85. The van der Waals surface area contributed by atoms with Crippen LogP contribution in [-0.4, -0.2) is 17.1 Å². The van der Waals surface area contributed by atoms with E-state index >= 15 is 0 Å². The standard InChI is InChI=1S/C24H15ClF3N3O/c25-18-11-7-16(8-12-18)22-13-20(19-3-1-2-4-21(19)30-22)23(32)31-29-14-15-5-9-17(10-6-15)24(26,27)28/h1-14H,(H,31,32)/b29-14+. The van der Waals surface area contributed by atoms with Gasteiger partial charge in [-0.2, -0.15) is 18.3 Å². The van der Waals surface area contributed by atoms with E-state index in [1.165, 1.54) is 18.3 Å². The molecule has 0 aliphatic carbocycles. The number of nitrogens with zero attached hydrogens (tertiary/aromatic N) is 2. The van der Waals surface area contributed by atoms with Crippen LogP contribution in [-0.2, 0) is 6.18 Å². The largest absolute Gasteiger partial charge is 0.416 e. The molecule has 1 aromatic heterocycles. The Morgan fingerprint density at radius 2 is 1.66 bits per heavy atom. The van der Waals surface area contributed by atoms with Crippen molar-refractivity contribution in [3.8, 4) is 11.3 Å². The zero-order valence-corrected chi connectivity index (χ0v) is 17.2. The summed E-state index contributed by atoms with van der Waals surface area (Å²) in [5.41, 5.74) is 4.49. The minimum absolute atomic E-state index is 0.366. The molecule has 3 aromatic carbocycles. The fourth-order valence-corrected chi connectivity index (χ4v) is 3.24. The SMILES string of the molecule is O=C(N/N=C/c1ccc(C(F)(F)F)cc1)c1cc(-c2ccc(Cl)cc2)nc2ccccc12. The van der Waals surface area contributed by atoms with E-state index in [1.54, 1.807) is 36.4 Å². The van der Waals surface area contributed by atoms with Gasteiger partial charge in [0.15, 0.2) is 0 Å². The van der Waals surface area contributed by atoms with Crippen molar-refractivity contribution in [1.82, 2.24) is 10.4 Å². The predicted octanol–water partition coefficient (Wildman–Crippen LogP) is 6.34. The number of nitrogens with one attached hydrogen (secondary N) is 1. The average Bonchev–Trinajstić information content (AvgIpc) is 2.78. The van der Waals surface area contributed by atoms with E-state index < -0.39 is 17.6 Å². The fourth-order valence-electron chi connectivity index (χ4n) is 3.12. The number of pyridine rings is 1. The van der Waals surface area contributed by atoms with Gasteiger partial charge in [-0.1, -0.05) is 54.1 Å². The number of hydrazone groups is 1. The second kappa shape index (κ2) is 8.80. The maximum atomic E-state index is 12.8. The van der Waals surface area contributed by atoms with Crippen LogP contribution in [0.5, 0.6) is 0 Å². The Morgan fingerprint density at radius 1 is 0.969 bits per heavy atom. The summed E-state index contributed by atoms with van der Waals surface area (Å²) in [6.07, 6.45) is -3.13. The molecule has 8 heteroatoms. The number of carbonyl (C=O) groups excluding carboxylic acids is 1. The molecule has 0 radical (unpaired) electrons. The summed E-state index contributed by atoms with van der Waals surface area (Å²) in [4.78, 5) is 17.5. The van der Waals surface area contributed by atoms with Crippen LogP contribution in [0.2, 0.25) is 5.02 Å². The van der Waals surface area contributed by atoms with Crippen molar-refractivity contribution in [1.29, 1.82) is 0 Å². The van der Waals surface area contributed by atoms with Crippen molar-refractivity contribution in [2.45, 2.75) is 6.18 Å². The number of rotatable bonds is 4. The zero-order chi connectivity index (χ0) is 22.7. The maximum Gasteiger partial charge on any atom is 0.416 e. The minimum atomic E-state index is -4.41. The molecule has 0 unspecified atom stereocenters. The first-order valence-electron chi connectivity index (χ1n) is 9.48. The second-order valence-corrected chi connectivity index (χ2v) is 7.33. The smallest absolute Gasteiger partial charge is 0.267 e. The van der Waals surface area contributed by atoms with E-state index in [1.807, 2.05) is 18.2 Å². The van der Waals surface area contributed by atoms with E-state index in [4.69, 9.17) is 11.6 Å². The van der Waals surface area contributed by atoms with Crippen LogP contribution in [0.4, 0.5) is 13.2 Å². The number of aromatic nitrogens is 1. The Morgan fingerprint density at radius 3 is 2.34 bits per heavy atom. The molecule has 1 N–H and O–H groups in total. The maximum absolute atomic E-state index is 12.8. The highest BCUT2D eigenvalue weighted by molar-refractivity contribution is 6.30. The topological polar surface area (TPSA) is 54.4 Å². The molecule has 0 aliphatic rings. The molecule has 0 atom stereocenters. The lowest BCUT2D eigenvalue weighted by atomic mass is 10.0. The van der Waals surface area contributed by atoms with E-state index in [0.29, 0.717) is 32.7 Å². The van der Waals surface area contributed by atoms with Crippen LogP contribution >= 0.6 is 11.6 Å². The van der Waals surface area contributed by atoms with Gasteiger partial charge >= 0.3 is 6.18 Å². The number of alkyl halides is 3. The molecule has 0 bridgehead atoms. The molecule has 160 valence electrons. The molecule has 1 heterocycles. The lowest BCUT2D eigenvalue weighted by molar-refractivity contribution is -0.137. The third-order valence-electron chi connectivity index (χ3n) is 4.72. The lowest BCUT2D eigenvalue weighted by Crippen LogP contribution is -2.18. The van der Waals surface area contributed by atoms with Gasteiger partial charge in [-0.05, 0) is 42.0 Å². The van der Waals surface area contributed by atoms with Crippen molar-refractivity contribution >= 4 is 34.6 Å². The van der Waals surface area contributed by atoms with Crippen LogP contribution in [0.25, 0.3) is 22.2 Å². The number of carbonyl (C=O) groups is 1. The number of halogens is 4. The third-order valence-corrected chi connectivity index (χ3v) is 4.97. The van der Waals surface area contributed by atoms with Gasteiger partial charge in [0.05, 0.1) is 28.6 Å². The summed E-state index contributed by atoms with van der Waals surface area (Å²) in [7, 11) is 0. The molecule has 32 heavy (non-hydrogen) atoms. The predicted molar refractivity (Wildman–Crippen MR) is 119 cm³/mol. The quantitative estimate of drug-likeness (QED) is 0.289. The summed E-state index contributed by atoms with van der Waals surface area (Å²) in [5.74, 6) is -0.470. The van der Waals surface area contributed by atoms with Gasteiger partial charge in [-0.25, -0.2) is 10.4 Å². The van der Waals surface area contributed by atoms with Crippen LogP contribution in [0.3, 0.4) is 0 Å². The summed E-state index contributed by atoms with van der Waals surface area (Å²) in [6, 6.07) is 20.4. The van der Waals surface area contributed by atoms with Gasteiger partial charge in [0.2, 0.25) is 0 Å². The molecule has 0 fully saturated rings. The number of hydrogen-bond acceptors (Lipinski definition) is 3. The van der Waals surface area contributed by atoms with Crippen molar-refractivity contribution in [2.24, 2.45) is 5.10 Å². The molecular formula is C24H15ClF3N3O. The summed E-state index contributed by atoms with van der Waals surface area (Å²) in [5, 5.41) is 5.12. The van der Waals surface area contributed by atoms with Crippen molar-refractivity contribution in [3.05, 3.63) is 101 Å². The summed E-state index contributed by atoms with van der Waals surface area (Å²) in [6.45, 7) is 0. The first-order chi connectivity index (χ1) is 15.3. The van der Waals surface area contributed by atoms with Crippen LogP contribution in [0.1, 0.15) is 21.5 Å². The number of benzene rings is 3. The van der Waals surface area contributed by atoms with E-state index in [-0.39, 0.29) is 0 Å². The average molecular weight is 454 g/mol. The normalized spacial score (nSPS) is 11.8. The molecule has 1 amide bonds. The Hall–Kier alpha value is -3.71. The van der Waals surface area contributed by atoms with Crippen molar-refractivity contribution in [2.75, 3.05) is 0 Å². The summed E-state index contributed by atoms with van der Waals surface area (Å²) >= 11 is 5.96. The van der Waals surface area contributed by atoms with E-state index in [0.717, 1.165) is 17.7 Å². The Labute approximate surface area is 186 Å². The highest BCUT2D eigenvalue weighted by Crippen LogP contribution is 2.29. The molecule has 0 aliphatic heterocycles. The van der Waals surface area contributed by atoms with Crippen molar-refractivity contribution < 1.29 is 18.0 Å². The molecule has 0 saturated heterocycles. The lowest BCUT2D eigenvalue weighted by Gasteiger charge is -2.09. The number of fused-ring (bicyclic) bond motifs is 1. The Bertz CT molecular complexity index is 1300. The van der Waals surface area contributed by atoms with Crippen molar-refractivity contribution in [3.63, 3.8) is 0 Å². The number of amides is 1. The third kappa shape index (κ3) is 4.78. The van der Waals surface area contributed by atoms with Gasteiger partial charge in [0, 0.05) is 16.0 Å². The fraction of sp³-hybridized carbons (Fsp3) is 0.0417. The first kappa shape index (κ1) is 21.5. The molecule has 4 aromatic rings. The molecule has 0 saturated carbocycles. The summed E-state index contributed by atoms with van der Waals surface area (Å²) < 4.78 is 38.0. The molecule has 4 nitrogen and oxygen atoms in total.